The van der Waals surface area contributed by atoms with Gasteiger partial charge in [0.2, 0.25) is 0 Å². The highest BCUT2D eigenvalue weighted by Crippen LogP contribution is 2.43. The molecule has 234 valence electrons. The maximum Gasteiger partial charge on any atom is 0.472 e. The zero-order valence-corrected chi connectivity index (χ0v) is 25.4. The summed E-state index contributed by atoms with van der Waals surface area (Å²) in [6.45, 7) is 2.10. The summed E-state index contributed by atoms with van der Waals surface area (Å²) in [5, 5.41) is 18.1. The van der Waals surface area contributed by atoms with Gasteiger partial charge in [-0.3, -0.25) is 18.6 Å². The first-order chi connectivity index (χ1) is 19.2. The molecule has 0 spiro atoms. The van der Waals surface area contributed by atoms with Crippen LogP contribution in [0.3, 0.4) is 0 Å². The monoisotopic (exact) mass is 592 g/mol. The number of carbonyl (C=O) groups excluding carboxylic acids is 2. The molecule has 0 aliphatic heterocycles. The molecule has 11 heteroatoms. The lowest BCUT2D eigenvalue weighted by Gasteiger charge is -2.20. The quantitative estimate of drug-likeness (QED) is 0.0453. The molecule has 0 saturated carbocycles. The Balaban J connectivity index is 4.43. The molecule has 40 heavy (non-hydrogen) atoms. The summed E-state index contributed by atoms with van der Waals surface area (Å²) in [7, 11) is -4.59. The van der Waals surface area contributed by atoms with Crippen molar-refractivity contribution in [1.29, 1.82) is 0 Å². The summed E-state index contributed by atoms with van der Waals surface area (Å²) in [6, 6.07) is 0. The van der Waals surface area contributed by atoms with Crippen LogP contribution in [-0.4, -0.2) is 65.7 Å². The highest BCUT2D eigenvalue weighted by Gasteiger charge is 2.27. The van der Waals surface area contributed by atoms with Gasteiger partial charge in [0.05, 0.1) is 19.8 Å². The fourth-order valence-corrected chi connectivity index (χ4v) is 4.29. The number of rotatable bonds is 27. The Morgan fingerprint density at radius 3 is 2.02 bits per heavy atom. The molecule has 0 fully saturated rings. The highest BCUT2D eigenvalue weighted by molar-refractivity contribution is 7.47. The number of hydrogen-bond donors (Lipinski definition) is 3. The van der Waals surface area contributed by atoms with E-state index in [2.05, 4.69) is 42.7 Å². The average Bonchev–Trinajstić information content (AvgIpc) is 2.93. The minimum atomic E-state index is -4.59. The molecule has 0 aliphatic rings. The van der Waals surface area contributed by atoms with Gasteiger partial charge in [0.1, 0.15) is 12.7 Å². The normalized spacial score (nSPS) is 14.8. The second-order valence-corrected chi connectivity index (χ2v) is 11.2. The molecule has 0 heterocycles. The molecule has 0 aromatic heterocycles. The van der Waals surface area contributed by atoms with Gasteiger partial charge in [0.25, 0.3) is 0 Å². The van der Waals surface area contributed by atoms with E-state index in [0.717, 1.165) is 64.2 Å². The van der Waals surface area contributed by atoms with E-state index in [1.165, 1.54) is 6.42 Å². The number of carbonyl (C=O) groups is 2. The Labute approximate surface area is 240 Å². The van der Waals surface area contributed by atoms with E-state index in [1.807, 2.05) is 0 Å². The van der Waals surface area contributed by atoms with Crippen molar-refractivity contribution in [2.24, 2.45) is 0 Å². The van der Waals surface area contributed by atoms with Crippen LogP contribution in [-0.2, 0) is 32.7 Å². The van der Waals surface area contributed by atoms with Crippen molar-refractivity contribution in [1.82, 2.24) is 0 Å². The molecule has 0 amide bonds. The van der Waals surface area contributed by atoms with Gasteiger partial charge in [-0.25, -0.2) is 4.57 Å². The third-order valence-corrected chi connectivity index (χ3v) is 6.79. The van der Waals surface area contributed by atoms with Crippen LogP contribution in [0.4, 0.5) is 0 Å². The SMILES string of the molecule is CCC/C=C\C/C=C\CCCCCCCC(=O)OC(COC(=O)CCCCCC)COP(=O)(O)OCC(O)CO. The molecule has 0 aliphatic carbocycles. The van der Waals surface area contributed by atoms with Crippen LogP contribution in [0.2, 0.25) is 0 Å². The summed E-state index contributed by atoms with van der Waals surface area (Å²) in [6.07, 6.45) is 19.4. The topological polar surface area (TPSA) is 149 Å². The van der Waals surface area contributed by atoms with Gasteiger partial charge in [0.15, 0.2) is 6.10 Å². The van der Waals surface area contributed by atoms with Crippen LogP contribution >= 0.6 is 7.82 Å². The molecule has 3 unspecified atom stereocenters. The summed E-state index contributed by atoms with van der Waals surface area (Å²) in [5.41, 5.74) is 0. The number of hydrogen-bond acceptors (Lipinski definition) is 9. The Morgan fingerprint density at radius 1 is 0.750 bits per heavy atom. The van der Waals surface area contributed by atoms with Crippen molar-refractivity contribution in [2.75, 3.05) is 26.4 Å². The van der Waals surface area contributed by atoms with Crippen LogP contribution in [0.25, 0.3) is 0 Å². The maximum absolute atomic E-state index is 12.4. The Bertz CT molecular complexity index is 740. The number of aliphatic hydroxyl groups is 2. The van der Waals surface area contributed by atoms with Crippen LogP contribution < -0.4 is 0 Å². The van der Waals surface area contributed by atoms with Gasteiger partial charge in [0, 0.05) is 12.8 Å². The van der Waals surface area contributed by atoms with E-state index in [4.69, 9.17) is 19.1 Å². The van der Waals surface area contributed by atoms with Gasteiger partial charge >= 0.3 is 19.8 Å². The number of esters is 2. The van der Waals surface area contributed by atoms with Gasteiger partial charge in [-0.1, -0.05) is 83.1 Å². The number of unbranched alkanes of at least 4 members (excludes halogenated alkanes) is 9. The Hall–Kier alpha value is -1.55. The van der Waals surface area contributed by atoms with Crippen LogP contribution in [0.1, 0.15) is 110 Å². The number of allylic oxidation sites excluding steroid dienone is 4. The van der Waals surface area contributed by atoms with E-state index in [9.17, 15) is 24.2 Å². The third kappa shape index (κ3) is 25.4. The highest BCUT2D eigenvalue weighted by atomic mass is 31.2. The van der Waals surface area contributed by atoms with Gasteiger partial charge in [-0.05, 0) is 38.5 Å². The van der Waals surface area contributed by atoms with E-state index >= 15 is 0 Å². The van der Waals surface area contributed by atoms with Crippen molar-refractivity contribution in [2.45, 2.75) is 122 Å². The van der Waals surface area contributed by atoms with Crippen molar-refractivity contribution in [3.8, 4) is 0 Å². The van der Waals surface area contributed by atoms with E-state index < -0.39 is 51.8 Å². The summed E-state index contributed by atoms with van der Waals surface area (Å²) in [5.74, 6) is -0.967. The minimum Gasteiger partial charge on any atom is -0.462 e. The molecular formula is C29H53O10P. The number of phosphoric acid groups is 1. The van der Waals surface area contributed by atoms with Crippen LogP contribution in [0, 0.1) is 0 Å². The van der Waals surface area contributed by atoms with E-state index in [-0.39, 0.29) is 19.4 Å². The molecule has 0 rings (SSSR count). The zero-order chi connectivity index (χ0) is 29.9. The number of phosphoric ester groups is 1. The first kappa shape index (κ1) is 38.5. The third-order valence-electron chi connectivity index (χ3n) is 5.84. The number of ether oxygens (including phenoxy) is 2. The zero-order valence-electron chi connectivity index (χ0n) is 24.5. The first-order valence-corrected chi connectivity index (χ1v) is 16.3. The smallest absolute Gasteiger partial charge is 0.462 e. The second-order valence-electron chi connectivity index (χ2n) is 9.78. The van der Waals surface area contributed by atoms with Gasteiger partial charge in [-0.15, -0.1) is 0 Å². The molecule has 3 atom stereocenters. The summed E-state index contributed by atoms with van der Waals surface area (Å²) in [4.78, 5) is 34.2. The van der Waals surface area contributed by atoms with Gasteiger partial charge < -0.3 is 24.6 Å². The van der Waals surface area contributed by atoms with Gasteiger partial charge in [-0.2, -0.15) is 0 Å². The van der Waals surface area contributed by atoms with Crippen LogP contribution in [0.15, 0.2) is 24.3 Å². The lowest BCUT2D eigenvalue weighted by Crippen LogP contribution is -2.29. The fourth-order valence-electron chi connectivity index (χ4n) is 3.50. The lowest BCUT2D eigenvalue weighted by molar-refractivity contribution is -0.161. The predicted octanol–water partition coefficient (Wildman–Crippen LogP) is 5.93. The molecule has 10 nitrogen and oxygen atoms in total. The Kier molecular flexibility index (Phi) is 25.3. The Morgan fingerprint density at radius 2 is 1.35 bits per heavy atom. The number of aliphatic hydroxyl groups excluding tert-OH is 2. The van der Waals surface area contributed by atoms with E-state index in [1.54, 1.807) is 0 Å². The standard InChI is InChI=1S/C29H53O10P/c1-3-5-7-9-10-11-12-13-14-15-16-17-19-21-29(33)39-27(24-36-28(32)20-18-8-6-4-2)25-38-40(34,35)37-23-26(31)22-30/h7,9,11-12,26-27,30-31H,3-6,8,10,13-25H2,1-2H3,(H,34,35)/b9-7-,12-11-. The van der Waals surface area contributed by atoms with Crippen LogP contribution in [0.5, 0.6) is 0 Å². The van der Waals surface area contributed by atoms with E-state index in [0.29, 0.717) is 12.8 Å². The van der Waals surface area contributed by atoms with Crippen molar-refractivity contribution < 1.29 is 47.8 Å². The average molecular weight is 593 g/mol. The van der Waals surface area contributed by atoms with Crippen molar-refractivity contribution >= 4 is 19.8 Å². The summed E-state index contributed by atoms with van der Waals surface area (Å²) < 4.78 is 32.1. The maximum atomic E-state index is 12.4. The largest absolute Gasteiger partial charge is 0.472 e. The predicted molar refractivity (Wildman–Crippen MR) is 155 cm³/mol. The second kappa shape index (κ2) is 26.4. The molecular weight excluding hydrogens is 539 g/mol. The molecule has 0 bridgehead atoms. The molecule has 0 aromatic rings. The van der Waals surface area contributed by atoms with Crippen molar-refractivity contribution in [3.63, 3.8) is 0 Å². The first-order valence-electron chi connectivity index (χ1n) is 14.8. The molecule has 0 aromatic carbocycles. The molecule has 0 radical (unpaired) electrons. The van der Waals surface area contributed by atoms with Crippen molar-refractivity contribution in [3.05, 3.63) is 24.3 Å². The summed E-state index contributed by atoms with van der Waals surface area (Å²) >= 11 is 0. The lowest BCUT2D eigenvalue weighted by atomic mass is 10.1. The fraction of sp³-hybridized carbons (Fsp3) is 0.793. The molecule has 0 saturated heterocycles. The minimum absolute atomic E-state index is 0.168. The molecule has 3 N–H and O–H groups in total.